The first-order chi connectivity index (χ1) is 8.17. The van der Waals surface area contributed by atoms with Crippen molar-refractivity contribution < 1.29 is 4.79 Å². The van der Waals surface area contributed by atoms with Gasteiger partial charge < -0.3 is 4.90 Å². The van der Waals surface area contributed by atoms with Gasteiger partial charge in [-0.1, -0.05) is 48.0 Å². The van der Waals surface area contributed by atoms with Gasteiger partial charge in [-0.05, 0) is 24.7 Å². The van der Waals surface area contributed by atoms with Crippen molar-refractivity contribution in [3.8, 4) is 0 Å². The molecule has 0 radical (unpaired) electrons. The molecule has 0 unspecified atom stereocenters. The maximum Gasteiger partial charge on any atom is 0.138 e. The summed E-state index contributed by atoms with van der Waals surface area (Å²) in [6, 6.07) is 7.91. The number of carbonyl (C=O) groups is 1. The summed E-state index contributed by atoms with van der Waals surface area (Å²) in [5, 5.41) is 0. The van der Waals surface area contributed by atoms with Crippen LogP contribution in [0.25, 0.3) is 0 Å². The normalized spacial score (nSPS) is 10.8. The van der Waals surface area contributed by atoms with Crippen LogP contribution < -0.4 is 0 Å². The van der Waals surface area contributed by atoms with Crippen LogP contribution in [0.3, 0.4) is 0 Å². The van der Waals surface area contributed by atoms with Gasteiger partial charge in [0.25, 0.3) is 0 Å². The van der Waals surface area contributed by atoms with Crippen LogP contribution in [0, 0.1) is 0 Å². The van der Waals surface area contributed by atoms with E-state index < -0.39 is 0 Å². The van der Waals surface area contributed by atoms with E-state index in [-0.39, 0.29) is 0 Å². The summed E-state index contributed by atoms with van der Waals surface area (Å²) >= 11 is 3.47. The van der Waals surface area contributed by atoms with Crippen molar-refractivity contribution in [1.82, 2.24) is 4.90 Å². The van der Waals surface area contributed by atoms with Gasteiger partial charge in [0.2, 0.25) is 0 Å². The predicted octanol–water partition coefficient (Wildman–Crippen LogP) is 3.29. The van der Waals surface area contributed by atoms with E-state index in [1.54, 1.807) is 0 Å². The smallest absolute Gasteiger partial charge is 0.138 e. The van der Waals surface area contributed by atoms with E-state index in [1.165, 1.54) is 0 Å². The summed E-state index contributed by atoms with van der Waals surface area (Å²) in [7, 11) is 0. The van der Waals surface area contributed by atoms with Crippen molar-refractivity contribution in [3.05, 3.63) is 34.3 Å². The summed E-state index contributed by atoms with van der Waals surface area (Å²) in [4.78, 5) is 14.1. The summed E-state index contributed by atoms with van der Waals surface area (Å²) in [5.74, 6) is 0.309. The minimum Gasteiger partial charge on any atom is -0.303 e. The molecule has 0 aliphatic carbocycles. The van der Waals surface area contributed by atoms with E-state index in [0.717, 1.165) is 29.7 Å². The van der Waals surface area contributed by atoms with Crippen LogP contribution in [0.1, 0.15) is 25.8 Å². The topological polar surface area (TPSA) is 20.3 Å². The largest absolute Gasteiger partial charge is 0.303 e. The number of halogens is 1. The number of nitrogens with zero attached hydrogens (tertiary/aromatic N) is 1. The van der Waals surface area contributed by atoms with Gasteiger partial charge in [-0.2, -0.15) is 0 Å². The lowest BCUT2D eigenvalue weighted by Gasteiger charge is -2.17. The first kappa shape index (κ1) is 14.4. The van der Waals surface area contributed by atoms with E-state index in [9.17, 15) is 4.79 Å². The van der Waals surface area contributed by atoms with Gasteiger partial charge in [0.1, 0.15) is 5.78 Å². The van der Waals surface area contributed by atoms with Crippen LogP contribution in [0.5, 0.6) is 0 Å². The maximum absolute atomic E-state index is 11.9. The highest BCUT2D eigenvalue weighted by Gasteiger charge is 2.08. The molecule has 0 amide bonds. The van der Waals surface area contributed by atoms with Crippen LogP contribution in [-0.2, 0) is 11.2 Å². The zero-order valence-corrected chi connectivity index (χ0v) is 12.2. The van der Waals surface area contributed by atoms with Crippen molar-refractivity contribution in [2.24, 2.45) is 0 Å². The Bertz CT molecular complexity index is 361. The Balaban J connectivity index is 2.42. The Morgan fingerprint density at radius 3 is 2.47 bits per heavy atom. The first-order valence-electron chi connectivity index (χ1n) is 6.14. The highest BCUT2D eigenvalue weighted by molar-refractivity contribution is 9.10. The molecular weight excluding hydrogens is 278 g/mol. The Morgan fingerprint density at radius 1 is 1.24 bits per heavy atom. The van der Waals surface area contributed by atoms with Crippen LogP contribution >= 0.6 is 15.9 Å². The molecule has 0 aliphatic heterocycles. The molecule has 3 heteroatoms. The number of benzene rings is 1. The summed E-state index contributed by atoms with van der Waals surface area (Å²) in [6.07, 6.45) is 1.17. The maximum atomic E-state index is 11.9. The molecule has 0 N–H and O–H groups in total. The lowest BCUT2D eigenvalue weighted by Crippen LogP contribution is -2.26. The van der Waals surface area contributed by atoms with Crippen molar-refractivity contribution in [2.75, 3.05) is 19.6 Å². The molecule has 17 heavy (non-hydrogen) atoms. The third-order valence-electron chi connectivity index (χ3n) is 2.95. The third-order valence-corrected chi connectivity index (χ3v) is 3.72. The fraction of sp³-hybridized carbons (Fsp3) is 0.500. The van der Waals surface area contributed by atoms with Gasteiger partial charge in [-0.15, -0.1) is 0 Å². The van der Waals surface area contributed by atoms with Gasteiger partial charge in [0.05, 0.1) is 0 Å². The molecule has 1 aromatic rings. The van der Waals surface area contributed by atoms with Crippen LogP contribution in [0.15, 0.2) is 28.7 Å². The Labute approximate surface area is 112 Å². The highest BCUT2D eigenvalue weighted by atomic mass is 79.9. The van der Waals surface area contributed by atoms with Crippen LogP contribution in [0.4, 0.5) is 0 Å². The van der Waals surface area contributed by atoms with Crippen LogP contribution in [0.2, 0.25) is 0 Å². The summed E-state index contributed by atoms with van der Waals surface area (Å²) in [5.41, 5.74) is 1.08. The van der Waals surface area contributed by atoms with Gasteiger partial charge >= 0.3 is 0 Å². The van der Waals surface area contributed by atoms with E-state index in [4.69, 9.17) is 0 Å². The van der Waals surface area contributed by atoms with Crippen LogP contribution in [-0.4, -0.2) is 30.3 Å². The second kappa shape index (κ2) is 7.62. The number of Topliss-reactive ketones (excluding diaryl/α,β-unsaturated/α-hetero) is 1. The quantitative estimate of drug-likeness (QED) is 0.770. The first-order valence-corrected chi connectivity index (χ1v) is 6.94. The van der Waals surface area contributed by atoms with E-state index >= 15 is 0 Å². The molecule has 0 bridgehead atoms. The molecule has 0 atom stereocenters. The molecule has 0 aliphatic rings. The average molecular weight is 298 g/mol. The molecular formula is C14H20BrNO. The predicted molar refractivity (Wildman–Crippen MR) is 75.3 cm³/mol. The lowest BCUT2D eigenvalue weighted by molar-refractivity contribution is -0.118. The average Bonchev–Trinajstić information content (AvgIpc) is 2.33. The molecule has 1 aromatic carbocycles. The molecule has 0 aromatic heterocycles. The SMILES string of the molecule is CCN(CC)CCC(=O)Cc1ccccc1Br. The van der Waals surface area contributed by atoms with Crippen molar-refractivity contribution >= 4 is 21.7 Å². The van der Waals surface area contributed by atoms with Gasteiger partial charge in [0.15, 0.2) is 0 Å². The second-order valence-electron chi connectivity index (χ2n) is 4.08. The van der Waals surface area contributed by atoms with Gasteiger partial charge in [-0.25, -0.2) is 0 Å². The molecule has 0 fully saturated rings. The van der Waals surface area contributed by atoms with E-state index in [2.05, 4.69) is 34.7 Å². The fourth-order valence-corrected chi connectivity index (χ4v) is 2.19. The second-order valence-corrected chi connectivity index (χ2v) is 4.94. The lowest BCUT2D eigenvalue weighted by atomic mass is 10.1. The van der Waals surface area contributed by atoms with Gasteiger partial charge in [-0.3, -0.25) is 4.79 Å². The molecule has 2 nitrogen and oxygen atoms in total. The van der Waals surface area contributed by atoms with E-state index in [0.29, 0.717) is 18.6 Å². The minimum absolute atomic E-state index is 0.309. The summed E-state index contributed by atoms with van der Waals surface area (Å²) < 4.78 is 1.02. The number of carbonyl (C=O) groups excluding carboxylic acids is 1. The van der Waals surface area contributed by atoms with Crippen molar-refractivity contribution in [1.29, 1.82) is 0 Å². The fourth-order valence-electron chi connectivity index (χ4n) is 1.77. The zero-order valence-electron chi connectivity index (χ0n) is 10.6. The number of rotatable bonds is 7. The number of ketones is 1. The zero-order chi connectivity index (χ0) is 12.7. The van der Waals surface area contributed by atoms with Crippen molar-refractivity contribution in [3.63, 3.8) is 0 Å². The Kier molecular flexibility index (Phi) is 6.45. The molecule has 0 saturated carbocycles. The molecule has 0 heterocycles. The standard InChI is InChI=1S/C14H20BrNO/c1-3-16(4-2)10-9-13(17)11-12-7-5-6-8-14(12)15/h5-8H,3-4,9-11H2,1-2H3. The van der Waals surface area contributed by atoms with Gasteiger partial charge in [0, 0.05) is 23.9 Å². The number of hydrogen-bond acceptors (Lipinski definition) is 2. The van der Waals surface area contributed by atoms with E-state index in [1.807, 2.05) is 24.3 Å². The Hall–Kier alpha value is -0.670. The number of hydrogen-bond donors (Lipinski definition) is 0. The monoisotopic (exact) mass is 297 g/mol. The molecule has 0 saturated heterocycles. The molecule has 0 spiro atoms. The minimum atomic E-state index is 0.309. The van der Waals surface area contributed by atoms with Crippen molar-refractivity contribution in [2.45, 2.75) is 26.7 Å². The molecule has 94 valence electrons. The summed E-state index contributed by atoms with van der Waals surface area (Å²) in [6.45, 7) is 7.15. The highest BCUT2D eigenvalue weighted by Crippen LogP contribution is 2.16. The Morgan fingerprint density at radius 2 is 1.88 bits per heavy atom. The molecule has 1 rings (SSSR count). The third kappa shape index (κ3) is 5.00.